The van der Waals surface area contributed by atoms with Gasteiger partial charge in [-0.15, -0.1) is 11.3 Å². The number of fused-ring (bicyclic) bond motifs is 2. The van der Waals surface area contributed by atoms with E-state index in [0.29, 0.717) is 53.7 Å². The van der Waals surface area contributed by atoms with Crippen molar-refractivity contribution < 1.29 is 23.9 Å². The normalized spacial score (nSPS) is 16.5. The van der Waals surface area contributed by atoms with Crippen LogP contribution in [0.2, 0.25) is 0 Å². The molecule has 1 aliphatic carbocycles. The predicted octanol–water partition coefficient (Wildman–Crippen LogP) is 4.35. The topological polar surface area (TPSA) is 119 Å². The Labute approximate surface area is 230 Å². The van der Waals surface area contributed by atoms with Crippen molar-refractivity contribution >= 4 is 40.0 Å². The fourth-order valence-electron chi connectivity index (χ4n) is 5.42. The first-order valence-corrected chi connectivity index (χ1v) is 14.1. The Morgan fingerprint density at radius 1 is 1.08 bits per heavy atom. The van der Waals surface area contributed by atoms with E-state index in [-0.39, 0.29) is 24.2 Å². The summed E-state index contributed by atoms with van der Waals surface area (Å²) >= 11 is 1.29. The lowest BCUT2D eigenvalue weighted by Gasteiger charge is -2.27. The van der Waals surface area contributed by atoms with Crippen molar-refractivity contribution in [2.75, 3.05) is 11.9 Å². The molecular weight excluding hydrogens is 514 g/mol. The Balaban J connectivity index is 1.18. The van der Waals surface area contributed by atoms with Gasteiger partial charge in [0.1, 0.15) is 10.8 Å². The number of anilines is 1. The van der Waals surface area contributed by atoms with Crippen LogP contribution in [0.1, 0.15) is 79.4 Å². The number of amides is 3. The molecule has 1 saturated carbocycles. The van der Waals surface area contributed by atoms with E-state index in [0.717, 1.165) is 34.4 Å². The van der Waals surface area contributed by atoms with Crippen LogP contribution < -0.4 is 15.8 Å². The summed E-state index contributed by atoms with van der Waals surface area (Å²) in [6, 6.07) is 13.4. The average Bonchev–Trinajstić information content (AvgIpc) is 3.72. The number of hydrogen-bond acceptors (Lipinski definition) is 6. The minimum absolute atomic E-state index is 0.182. The molecule has 1 aromatic heterocycles. The molecule has 0 spiro atoms. The summed E-state index contributed by atoms with van der Waals surface area (Å²) in [6.07, 6.45) is 4.85. The van der Waals surface area contributed by atoms with Crippen LogP contribution in [0.25, 0.3) is 0 Å². The molecule has 6 rings (SSSR count). The maximum atomic E-state index is 13.4. The van der Waals surface area contributed by atoms with Gasteiger partial charge in [-0.3, -0.25) is 19.2 Å². The fourth-order valence-corrected chi connectivity index (χ4v) is 6.71. The number of aryl methyl sites for hydroxylation is 1. The molecule has 3 aliphatic rings. The van der Waals surface area contributed by atoms with Gasteiger partial charge >= 0.3 is 5.97 Å². The van der Waals surface area contributed by atoms with Crippen LogP contribution in [0.5, 0.6) is 5.75 Å². The molecule has 3 aromatic rings. The number of primary amides is 1. The highest BCUT2D eigenvalue weighted by Crippen LogP contribution is 2.40. The summed E-state index contributed by atoms with van der Waals surface area (Å²) in [5, 5.41) is 3.34. The standard InChI is InChI=1S/C30H29N3O5S/c31-28(36)27-22-11-12-33(30(37)21-10-9-19-4-2-6-26(35)38-23(19)15-21)16-24(22)39-29(27)32-25(34)14-17-3-1-5-20(13-17)18-7-8-18/h1,3,5,9-10,13,15,18H,2,4,6-8,11-12,14,16H2,(H2,31,36)(H,32,34). The van der Waals surface area contributed by atoms with Gasteiger partial charge in [0.2, 0.25) is 5.91 Å². The Morgan fingerprint density at radius 2 is 1.92 bits per heavy atom. The molecule has 2 aromatic carbocycles. The Kier molecular flexibility index (Phi) is 6.68. The van der Waals surface area contributed by atoms with Gasteiger partial charge in [0.05, 0.1) is 18.5 Å². The van der Waals surface area contributed by atoms with Crippen molar-refractivity contribution in [3.8, 4) is 5.75 Å². The Hall–Kier alpha value is -3.98. The number of thiophene rings is 1. The first-order valence-electron chi connectivity index (χ1n) is 13.3. The summed E-state index contributed by atoms with van der Waals surface area (Å²) in [7, 11) is 0. The second-order valence-corrected chi connectivity index (χ2v) is 11.5. The second kappa shape index (κ2) is 10.3. The van der Waals surface area contributed by atoms with Crippen molar-refractivity contribution in [2.45, 2.75) is 57.4 Å². The maximum Gasteiger partial charge on any atom is 0.311 e. The van der Waals surface area contributed by atoms with E-state index in [9.17, 15) is 19.2 Å². The Bertz CT molecular complexity index is 1510. The number of benzene rings is 2. The van der Waals surface area contributed by atoms with Gasteiger partial charge in [-0.25, -0.2) is 0 Å². The van der Waals surface area contributed by atoms with Crippen LogP contribution in [0, 0.1) is 0 Å². The number of rotatable bonds is 6. The smallest absolute Gasteiger partial charge is 0.311 e. The zero-order valence-corrected chi connectivity index (χ0v) is 22.3. The number of hydrogen-bond donors (Lipinski definition) is 2. The van der Waals surface area contributed by atoms with E-state index < -0.39 is 5.91 Å². The van der Waals surface area contributed by atoms with Crippen molar-refractivity contribution in [1.29, 1.82) is 0 Å². The van der Waals surface area contributed by atoms with Crippen LogP contribution in [0.4, 0.5) is 5.00 Å². The third-order valence-corrected chi connectivity index (χ3v) is 8.71. The lowest BCUT2D eigenvalue weighted by Crippen LogP contribution is -2.36. The minimum atomic E-state index is -0.592. The van der Waals surface area contributed by atoms with E-state index in [1.807, 2.05) is 18.2 Å². The first kappa shape index (κ1) is 25.3. The largest absolute Gasteiger partial charge is 0.426 e. The predicted molar refractivity (Wildman–Crippen MR) is 147 cm³/mol. The van der Waals surface area contributed by atoms with Crippen LogP contribution in [0.3, 0.4) is 0 Å². The summed E-state index contributed by atoms with van der Waals surface area (Å²) in [4.78, 5) is 53.1. The molecule has 9 heteroatoms. The lowest BCUT2D eigenvalue weighted by atomic mass is 10.0. The molecule has 0 saturated heterocycles. The molecule has 2 aliphatic heterocycles. The molecule has 1 fully saturated rings. The number of nitrogens with one attached hydrogen (secondary N) is 1. The van der Waals surface area contributed by atoms with Gasteiger partial charge in [-0.2, -0.15) is 0 Å². The van der Waals surface area contributed by atoms with Gasteiger partial charge in [0.25, 0.3) is 11.8 Å². The molecule has 8 nitrogen and oxygen atoms in total. The number of nitrogens with two attached hydrogens (primary N) is 1. The quantitative estimate of drug-likeness (QED) is 0.354. The number of carbonyl (C=O) groups is 4. The Morgan fingerprint density at radius 3 is 2.72 bits per heavy atom. The van der Waals surface area contributed by atoms with Crippen molar-refractivity contribution in [2.24, 2.45) is 5.73 Å². The van der Waals surface area contributed by atoms with Crippen molar-refractivity contribution in [3.63, 3.8) is 0 Å². The monoisotopic (exact) mass is 543 g/mol. The van der Waals surface area contributed by atoms with Gasteiger partial charge < -0.3 is 20.7 Å². The minimum Gasteiger partial charge on any atom is -0.426 e. The first-order chi connectivity index (χ1) is 18.9. The zero-order valence-electron chi connectivity index (χ0n) is 21.5. The maximum absolute atomic E-state index is 13.4. The van der Waals surface area contributed by atoms with E-state index in [4.69, 9.17) is 10.5 Å². The SMILES string of the molecule is NC(=O)c1c(NC(=O)Cc2cccc(C3CC3)c2)sc2c1CCN(C(=O)c1ccc3c(c1)OC(=O)CCC3)C2. The molecular formula is C30H29N3O5S. The molecule has 3 heterocycles. The van der Waals surface area contributed by atoms with E-state index >= 15 is 0 Å². The summed E-state index contributed by atoms with van der Waals surface area (Å²) in [5.41, 5.74) is 10.4. The molecule has 200 valence electrons. The average molecular weight is 544 g/mol. The molecule has 3 amide bonds. The summed E-state index contributed by atoms with van der Waals surface area (Å²) < 4.78 is 5.44. The van der Waals surface area contributed by atoms with Crippen LogP contribution in [0.15, 0.2) is 42.5 Å². The van der Waals surface area contributed by atoms with E-state index in [1.54, 1.807) is 17.0 Å². The fraction of sp³-hybridized carbons (Fsp3) is 0.333. The van der Waals surface area contributed by atoms with Crippen LogP contribution >= 0.6 is 11.3 Å². The number of carbonyl (C=O) groups excluding carboxylic acids is 4. The molecule has 0 unspecified atom stereocenters. The van der Waals surface area contributed by atoms with Gasteiger partial charge in [0.15, 0.2) is 0 Å². The second-order valence-electron chi connectivity index (χ2n) is 10.4. The lowest BCUT2D eigenvalue weighted by molar-refractivity contribution is -0.134. The molecule has 39 heavy (non-hydrogen) atoms. The van der Waals surface area contributed by atoms with Gasteiger partial charge in [0, 0.05) is 23.4 Å². The number of nitrogens with zero attached hydrogens (tertiary/aromatic N) is 1. The molecule has 0 atom stereocenters. The van der Waals surface area contributed by atoms with Crippen molar-refractivity contribution in [1.82, 2.24) is 4.90 Å². The van der Waals surface area contributed by atoms with E-state index in [1.165, 1.54) is 29.7 Å². The van der Waals surface area contributed by atoms with Crippen molar-refractivity contribution in [3.05, 3.63) is 80.7 Å². The van der Waals surface area contributed by atoms with Crippen LogP contribution in [-0.2, 0) is 35.4 Å². The van der Waals surface area contributed by atoms with E-state index in [2.05, 4.69) is 17.4 Å². The molecule has 0 bridgehead atoms. The van der Waals surface area contributed by atoms with Gasteiger partial charge in [-0.05, 0) is 72.4 Å². The highest BCUT2D eigenvalue weighted by atomic mass is 32.1. The summed E-state index contributed by atoms with van der Waals surface area (Å²) in [6.45, 7) is 0.705. The zero-order chi connectivity index (χ0) is 27.1. The molecule has 3 N–H and O–H groups in total. The van der Waals surface area contributed by atoms with Gasteiger partial charge in [-0.1, -0.05) is 30.3 Å². The summed E-state index contributed by atoms with van der Waals surface area (Å²) in [5.74, 6) is -0.226. The highest BCUT2D eigenvalue weighted by molar-refractivity contribution is 7.17. The highest BCUT2D eigenvalue weighted by Gasteiger charge is 2.31. The third-order valence-electron chi connectivity index (χ3n) is 7.57. The number of esters is 1. The third kappa shape index (κ3) is 5.31. The van der Waals surface area contributed by atoms with Crippen LogP contribution in [-0.4, -0.2) is 35.1 Å². The molecule has 0 radical (unpaired) electrons. The number of ether oxygens (including phenoxy) is 1.